The van der Waals surface area contributed by atoms with Crippen LogP contribution in [0, 0.1) is 5.92 Å². The first kappa shape index (κ1) is 34.6. The van der Waals surface area contributed by atoms with E-state index in [1.165, 1.54) is 11.8 Å². The molecule has 2 bridgehead atoms. The minimum absolute atomic E-state index is 0.0152. The second-order valence-electron chi connectivity index (χ2n) is 11.0. The molecule has 13 nitrogen and oxygen atoms in total. The second kappa shape index (κ2) is 16.8. The van der Waals surface area contributed by atoms with Crippen LogP contribution in [-0.4, -0.2) is 94.6 Å². The Morgan fingerprint density at radius 3 is 2.33 bits per heavy atom. The van der Waals surface area contributed by atoms with Crippen molar-refractivity contribution in [3.05, 3.63) is 29.6 Å². The first-order valence-corrected chi connectivity index (χ1v) is 16.6. The topological polar surface area (TPSA) is 202 Å². The summed E-state index contributed by atoms with van der Waals surface area (Å²) in [6, 6.07) is 2.13. The van der Waals surface area contributed by atoms with Crippen LogP contribution in [0.2, 0.25) is 0 Å². The van der Waals surface area contributed by atoms with E-state index in [2.05, 4.69) is 26.3 Å². The molecule has 3 atom stereocenters. The number of nitrogens with one attached hydrogen (secondary N) is 4. The SMILES string of the molecule is CC(C)C[C@@H]1NC(=O)C2(CCOCC2)NC(=O)CCSCc2cccc(n2)CSC[C@@H](C(N)=O)NC(=O)[C@H](CO)NC1=O. The lowest BCUT2D eigenvalue weighted by atomic mass is 9.87. The van der Waals surface area contributed by atoms with Gasteiger partial charge < -0.3 is 36.8 Å². The Labute approximate surface area is 260 Å². The molecule has 3 rings (SSSR count). The summed E-state index contributed by atoms with van der Waals surface area (Å²) in [5, 5.41) is 20.6. The first-order valence-electron chi connectivity index (χ1n) is 14.3. The van der Waals surface area contributed by atoms with E-state index < -0.39 is 53.9 Å². The minimum Gasteiger partial charge on any atom is -0.394 e. The lowest BCUT2D eigenvalue weighted by Gasteiger charge is -2.37. The third kappa shape index (κ3) is 10.7. The molecule has 1 saturated heterocycles. The van der Waals surface area contributed by atoms with Crippen molar-refractivity contribution in [3.8, 4) is 0 Å². The Morgan fingerprint density at radius 2 is 1.70 bits per heavy atom. The molecule has 15 heteroatoms. The summed E-state index contributed by atoms with van der Waals surface area (Å²) < 4.78 is 5.46. The summed E-state index contributed by atoms with van der Waals surface area (Å²) in [5.41, 5.74) is 5.89. The van der Waals surface area contributed by atoms with Crippen LogP contribution in [-0.2, 0) is 40.2 Å². The number of aliphatic hydroxyl groups is 1. The maximum absolute atomic E-state index is 13.7. The molecule has 43 heavy (non-hydrogen) atoms. The Kier molecular flexibility index (Phi) is 13.5. The third-order valence-electron chi connectivity index (χ3n) is 7.09. The number of pyridine rings is 1. The maximum Gasteiger partial charge on any atom is 0.246 e. The number of hydrogen-bond donors (Lipinski definition) is 6. The van der Waals surface area contributed by atoms with Crippen molar-refractivity contribution in [2.45, 2.75) is 74.7 Å². The molecule has 0 saturated carbocycles. The summed E-state index contributed by atoms with van der Waals surface area (Å²) in [5.74, 6) is -1.33. The van der Waals surface area contributed by atoms with Gasteiger partial charge in [0.15, 0.2) is 0 Å². The summed E-state index contributed by atoms with van der Waals surface area (Å²) in [4.78, 5) is 69.8. The fourth-order valence-electron chi connectivity index (χ4n) is 4.70. The van der Waals surface area contributed by atoms with Crippen molar-refractivity contribution in [1.82, 2.24) is 26.3 Å². The van der Waals surface area contributed by atoms with Crippen LogP contribution in [0.15, 0.2) is 18.2 Å². The number of rotatable bonds is 4. The van der Waals surface area contributed by atoms with Gasteiger partial charge in [0.05, 0.1) is 18.0 Å². The van der Waals surface area contributed by atoms with Crippen LogP contribution >= 0.6 is 23.5 Å². The summed E-state index contributed by atoms with van der Waals surface area (Å²) in [6.45, 7) is 3.53. The van der Waals surface area contributed by atoms with Crippen LogP contribution in [0.25, 0.3) is 0 Å². The zero-order valence-corrected chi connectivity index (χ0v) is 26.2. The maximum atomic E-state index is 13.7. The predicted molar refractivity (Wildman–Crippen MR) is 164 cm³/mol. The largest absolute Gasteiger partial charge is 0.394 e. The van der Waals surface area contributed by atoms with Crippen molar-refractivity contribution >= 4 is 53.1 Å². The van der Waals surface area contributed by atoms with Gasteiger partial charge in [-0.2, -0.15) is 23.5 Å². The molecule has 0 aliphatic carbocycles. The minimum atomic E-state index is -1.39. The van der Waals surface area contributed by atoms with E-state index in [9.17, 15) is 29.1 Å². The Balaban J connectivity index is 1.87. The average molecular weight is 639 g/mol. The van der Waals surface area contributed by atoms with E-state index in [-0.39, 0.29) is 56.5 Å². The number of amides is 5. The second-order valence-corrected chi connectivity index (χ2v) is 13.2. The third-order valence-corrected chi connectivity index (χ3v) is 9.15. The van der Waals surface area contributed by atoms with Gasteiger partial charge in [-0.1, -0.05) is 19.9 Å². The number of nitrogens with two attached hydrogens (primary N) is 1. The molecule has 0 radical (unpaired) electrons. The van der Waals surface area contributed by atoms with Crippen LogP contribution in [0.5, 0.6) is 0 Å². The average Bonchev–Trinajstić information content (AvgIpc) is 2.97. The zero-order chi connectivity index (χ0) is 31.4. The number of carbonyl (C=O) groups excluding carboxylic acids is 5. The summed E-state index contributed by atoms with van der Waals surface area (Å²) in [6.07, 6.45) is 0.897. The van der Waals surface area contributed by atoms with Gasteiger partial charge in [0.1, 0.15) is 23.7 Å². The number of hydrogen-bond acceptors (Lipinski definition) is 10. The molecule has 1 spiro atoms. The van der Waals surface area contributed by atoms with Gasteiger partial charge >= 0.3 is 0 Å². The molecule has 1 aromatic heterocycles. The standard InChI is InChI=1S/C28H42N6O7S2/c1-17(2)12-20-25(38)31-21(13-35)26(39)32-22(24(29)37)16-43-15-19-5-3-4-18(30-19)14-42-11-6-23(36)34-28(27(40)33-20)7-9-41-10-8-28/h3-5,17,20-22,35H,6-16H2,1-2H3,(H2,29,37)(H,31,38)(H,32,39)(H,33,40)(H,34,36)/t20-,21-,22-/m0/s1. The van der Waals surface area contributed by atoms with Gasteiger partial charge in [0.25, 0.3) is 0 Å². The number of primary amides is 1. The van der Waals surface area contributed by atoms with Crippen molar-refractivity contribution in [2.24, 2.45) is 11.7 Å². The van der Waals surface area contributed by atoms with Gasteiger partial charge in [0, 0.05) is 55.5 Å². The van der Waals surface area contributed by atoms with E-state index in [4.69, 9.17) is 10.5 Å². The lowest BCUT2D eigenvalue weighted by Crippen LogP contribution is -2.64. The monoisotopic (exact) mass is 638 g/mol. The molecule has 238 valence electrons. The van der Waals surface area contributed by atoms with Crippen molar-refractivity contribution in [3.63, 3.8) is 0 Å². The Bertz CT molecular complexity index is 1150. The molecule has 0 unspecified atom stereocenters. The summed E-state index contributed by atoms with van der Waals surface area (Å²) in [7, 11) is 0. The van der Waals surface area contributed by atoms with Crippen molar-refractivity contribution < 1.29 is 33.8 Å². The van der Waals surface area contributed by atoms with Crippen LogP contribution in [0.4, 0.5) is 0 Å². The highest BCUT2D eigenvalue weighted by Gasteiger charge is 2.43. The fraction of sp³-hybridized carbons (Fsp3) is 0.643. The van der Waals surface area contributed by atoms with Gasteiger partial charge in [-0.25, -0.2) is 0 Å². The van der Waals surface area contributed by atoms with E-state index in [0.29, 0.717) is 17.3 Å². The summed E-state index contributed by atoms with van der Waals surface area (Å²) >= 11 is 2.90. The number of aromatic nitrogens is 1. The zero-order valence-electron chi connectivity index (χ0n) is 24.6. The molecule has 2 aliphatic rings. The van der Waals surface area contributed by atoms with E-state index in [1.54, 1.807) is 11.8 Å². The van der Waals surface area contributed by atoms with E-state index in [1.807, 2.05) is 32.0 Å². The molecule has 5 amide bonds. The molecule has 0 aromatic carbocycles. The first-order chi connectivity index (χ1) is 20.5. The molecule has 7 N–H and O–H groups in total. The fourth-order valence-corrected chi connectivity index (χ4v) is 6.52. The number of aliphatic hydroxyl groups excluding tert-OH is 1. The van der Waals surface area contributed by atoms with E-state index in [0.717, 1.165) is 11.4 Å². The van der Waals surface area contributed by atoms with Crippen LogP contribution < -0.4 is 27.0 Å². The number of thioether (sulfide) groups is 2. The number of carbonyl (C=O) groups is 5. The molecule has 1 fully saturated rings. The smallest absolute Gasteiger partial charge is 0.246 e. The van der Waals surface area contributed by atoms with Crippen LogP contribution in [0.1, 0.15) is 50.9 Å². The molecule has 2 aliphatic heterocycles. The predicted octanol–water partition coefficient (Wildman–Crippen LogP) is -0.405. The van der Waals surface area contributed by atoms with E-state index >= 15 is 0 Å². The quantitative estimate of drug-likeness (QED) is 0.252. The molecular weight excluding hydrogens is 596 g/mol. The number of ether oxygens (including phenoxy) is 1. The highest BCUT2D eigenvalue weighted by Crippen LogP contribution is 2.23. The van der Waals surface area contributed by atoms with Crippen LogP contribution in [0.3, 0.4) is 0 Å². The van der Waals surface area contributed by atoms with Gasteiger partial charge in [-0.3, -0.25) is 29.0 Å². The van der Waals surface area contributed by atoms with Gasteiger partial charge in [-0.05, 0) is 24.5 Å². The Morgan fingerprint density at radius 1 is 1.05 bits per heavy atom. The normalized spacial score (nSPS) is 25.0. The van der Waals surface area contributed by atoms with Gasteiger partial charge in [0.2, 0.25) is 29.5 Å². The molecule has 1 aromatic rings. The molecule has 3 heterocycles. The molecular formula is C28H42N6O7S2. The van der Waals surface area contributed by atoms with Crippen molar-refractivity contribution in [2.75, 3.05) is 31.3 Å². The lowest BCUT2D eigenvalue weighted by molar-refractivity contribution is -0.140. The highest BCUT2D eigenvalue weighted by atomic mass is 32.2. The van der Waals surface area contributed by atoms with Gasteiger partial charge in [-0.15, -0.1) is 0 Å². The Hall–Kier alpha value is -2.88. The highest BCUT2D eigenvalue weighted by molar-refractivity contribution is 7.98. The van der Waals surface area contributed by atoms with Crippen molar-refractivity contribution in [1.29, 1.82) is 0 Å². The number of nitrogens with zero attached hydrogens (tertiary/aromatic N) is 1. The number of fused-ring (bicyclic) bond motifs is 2.